The lowest BCUT2D eigenvalue weighted by Gasteiger charge is -2.12. The summed E-state index contributed by atoms with van der Waals surface area (Å²) in [6.07, 6.45) is 7.35. The number of nitrogens with zero attached hydrogens (tertiary/aromatic N) is 2. The third kappa shape index (κ3) is 4.42. The van der Waals surface area contributed by atoms with Crippen LogP contribution in [0.1, 0.15) is 30.7 Å². The maximum absolute atomic E-state index is 12.0. The topological polar surface area (TPSA) is 56.2 Å². The van der Waals surface area contributed by atoms with E-state index in [4.69, 9.17) is 4.74 Å². The summed E-state index contributed by atoms with van der Waals surface area (Å²) in [5.41, 5.74) is 1.35. The average molecular weight is 313 g/mol. The fraction of sp³-hybridized carbons (Fsp3) is 0.444. The lowest BCUT2D eigenvalue weighted by atomic mass is 10.1. The summed E-state index contributed by atoms with van der Waals surface area (Å²) in [7, 11) is 0. The van der Waals surface area contributed by atoms with Crippen LogP contribution in [0.5, 0.6) is 0 Å². The molecular formula is C18H23N3O2. The molecule has 1 amide bonds. The lowest BCUT2D eigenvalue weighted by Crippen LogP contribution is -2.34. The fourth-order valence-electron chi connectivity index (χ4n) is 2.87. The Morgan fingerprint density at radius 3 is 3.00 bits per heavy atom. The van der Waals surface area contributed by atoms with Crippen molar-refractivity contribution in [1.82, 2.24) is 14.9 Å². The highest BCUT2D eigenvalue weighted by molar-refractivity contribution is 5.80. The number of hydrogen-bond acceptors (Lipinski definition) is 3. The summed E-state index contributed by atoms with van der Waals surface area (Å²) >= 11 is 0. The van der Waals surface area contributed by atoms with Crippen LogP contribution < -0.4 is 5.32 Å². The third-order valence-corrected chi connectivity index (χ3v) is 4.15. The number of carbonyl (C=O) groups excluding carboxylic acids is 1. The standard InChI is InChI=1S/C18H23N3O2/c22-18(16-9-5-13-23-16)20-14-17-19-10-12-21(17)11-4-8-15-6-2-1-3-7-15/h1-3,6-7,10,12,16H,4-5,8-9,11,13-14H2,(H,20,22)/t16-/m0/s1. The molecule has 1 aliphatic heterocycles. The van der Waals surface area contributed by atoms with E-state index in [1.54, 1.807) is 6.20 Å². The van der Waals surface area contributed by atoms with Crippen molar-refractivity contribution in [1.29, 1.82) is 0 Å². The van der Waals surface area contributed by atoms with Crippen molar-refractivity contribution in [3.05, 3.63) is 54.1 Å². The van der Waals surface area contributed by atoms with Crippen LogP contribution in [0.15, 0.2) is 42.7 Å². The van der Waals surface area contributed by atoms with E-state index in [-0.39, 0.29) is 12.0 Å². The van der Waals surface area contributed by atoms with E-state index in [9.17, 15) is 4.79 Å². The number of amides is 1. The summed E-state index contributed by atoms with van der Waals surface area (Å²) in [6, 6.07) is 10.5. The predicted octanol–water partition coefficient (Wildman–Crippen LogP) is 2.31. The minimum Gasteiger partial charge on any atom is -0.368 e. The van der Waals surface area contributed by atoms with Crippen molar-refractivity contribution >= 4 is 5.91 Å². The highest BCUT2D eigenvalue weighted by atomic mass is 16.5. The molecule has 1 atom stereocenters. The van der Waals surface area contributed by atoms with Crippen LogP contribution in [0.4, 0.5) is 0 Å². The number of benzene rings is 1. The van der Waals surface area contributed by atoms with Gasteiger partial charge in [0.15, 0.2) is 0 Å². The predicted molar refractivity (Wildman–Crippen MR) is 87.8 cm³/mol. The van der Waals surface area contributed by atoms with Gasteiger partial charge in [-0.05, 0) is 31.2 Å². The first-order valence-corrected chi connectivity index (χ1v) is 8.26. The molecule has 2 aromatic rings. The molecule has 5 heteroatoms. The van der Waals surface area contributed by atoms with E-state index >= 15 is 0 Å². The monoisotopic (exact) mass is 313 g/mol. The Kier molecular flexibility index (Phi) is 5.42. The smallest absolute Gasteiger partial charge is 0.249 e. The molecule has 1 aromatic heterocycles. The van der Waals surface area contributed by atoms with Gasteiger partial charge >= 0.3 is 0 Å². The highest BCUT2D eigenvalue weighted by Gasteiger charge is 2.23. The number of carbonyl (C=O) groups is 1. The number of nitrogens with one attached hydrogen (secondary N) is 1. The van der Waals surface area contributed by atoms with E-state index < -0.39 is 0 Å². The van der Waals surface area contributed by atoms with Crippen LogP contribution in [0.25, 0.3) is 0 Å². The van der Waals surface area contributed by atoms with Crippen LogP contribution in [0, 0.1) is 0 Å². The summed E-state index contributed by atoms with van der Waals surface area (Å²) in [4.78, 5) is 16.3. The number of rotatable bonds is 7. The molecule has 23 heavy (non-hydrogen) atoms. The summed E-state index contributed by atoms with van der Waals surface area (Å²) in [5, 5.41) is 2.93. The van der Waals surface area contributed by atoms with E-state index in [0.29, 0.717) is 13.2 Å². The molecular weight excluding hydrogens is 290 g/mol. The second-order valence-corrected chi connectivity index (χ2v) is 5.85. The quantitative estimate of drug-likeness (QED) is 0.853. The first-order valence-electron chi connectivity index (χ1n) is 8.26. The van der Waals surface area contributed by atoms with Gasteiger partial charge in [0.25, 0.3) is 0 Å². The van der Waals surface area contributed by atoms with Gasteiger partial charge in [0, 0.05) is 25.5 Å². The SMILES string of the molecule is O=C(NCc1nccn1CCCc1ccccc1)[C@@H]1CCCO1. The molecule has 0 spiro atoms. The van der Waals surface area contributed by atoms with Gasteiger partial charge in [-0.3, -0.25) is 4.79 Å². The maximum atomic E-state index is 12.0. The van der Waals surface area contributed by atoms with Crippen molar-refractivity contribution in [3.63, 3.8) is 0 Å². The molecule has 0 saturated carbocycles. The fourth-order valence-corrected chi connectivity index (χ4v) is 2.87. The zero-order chi connectivity index (χ0) is 15.9. The summed E-state index contributed by atoms with van der Waals surface area (Å²) < 4.78 is 7.50. The molecule has 122 valence electrons. The largest absolute Gasteiger partial charge is 0.368 e. The van der Waals surface area contributed by atoms with Gasteiger partial charge in [-0.1, -0.05) is 30.3 Å². The Morgan fingerprint density at radius 2 is 2.22 bits per heavy atom. The zero-order valence-electron chi connectivity index (χ0n) is 13.3. The Morgan fingerprint density at radius 1 is 1.35 bits per heavy atom. The van der Waals surface area contributed by atoms with Crippen LogP contribution in [-0.4, -0.2) is 28.2 Å². The zero-order valence-corrected chi connectivity index (χ0v) is 13.3. The normalized spacial score (nSPS) is 17.3. The average Bonchev–Trinajstić information content (AvgIpc) is 3.26. The molecule has 0 unspecified atom stereocenters. The van der Waals surface area contributed by atoms with Crippen molar-refractivity contribution in [2.24, 2.45) is 0 Å². The number of aromatic nitrogens is 2. The molecule has 2 heterocycles. The van der Waals surface area contributed by atoms with Crippen LogP contribution in [0.2, 0.25) is 0 Å². The first kappa shape index (κ1) is 15.7. The Balaban J connectivity index is 1.46. The summed E-state index contributed by atoms with van der Waals surface area (Å²) in [5.74, 6) is 0.866. The van der Waals surface area contributed by atoms with Crippen LogP contribution in [0.3, 0.4) is 0 Å². The third-order valence-electron chi connectivity index (χ3n) is 4.15. The van der Waals surface area contributed by atoms with Gasteiger partial charge in [0.05, 0.1) is 6.54 Å². The van der Waals surface area contributed by atoms with Crippen molar-refractivity contribution in [2.45, 2.75) is 44.9 Å². The van der Waals surface area contributed by atoms with Crippen molar-refractivity contribution in [2.75, 3.05) is 6.61 Å². The minimum atomic E-state index is -0.281. The first-order chi connectivity index (χ1) is 11.3. The number of aryl methyl sites for hydroxylation is 2. The molecule has 1 fully saturated rings. The van der Waals surface area contributed by atoms with E-state index in [1.807, 2.05) is 12.3 Å². The van der Waals surface area contributed by atoms with Gasteiger partial charge < -0.3 is 14.6 Å². The Bertz CT molecular complexity index is 618. The van der Waals surface area contributed by atoms with Gasteiger partial charge in [0.2, 0.25) is 5.91 Å². The van der Waals surface area contributed by atoms with Crippen molar-refractivity contribution < 1.29 is 9.53 Å². The van der Waals surface area contributed by atoms with Gasteiger partial charge in [0.1, 0.15) is 11.9 Å². The molecule has 5 nitrogen and oxygen atoms in total. The second-order valence-electron chi connectivity index (χ2n) is 5.85. The molecule has 3 rings (SSSR count). The highest BCUT2D eigenvalue weighted by Crippen LogP contribution is 2.12. The molecule has 0 aliphatic carbocycles. The molecule has 0 bridgehead atoms. The van der Waals surface area contributed by atoms with E-state index in [2.05, 4.69) is 39.1 Å². The van der Waals surface area contributed by atoms with E-state index in [0.717, 1.165) is 38.1 Å². The van der Waals surface area contributed by atoms with Gasteiger partial charge in [-0.25, -0.2) is 4.98 Å². The number of hydrogen-bond donors (Lipinski definition) is 1. The van der Waals surface area contributed by atoms with Gasteiger partial charge in [-0.2, -0.15) is 0 Å². The maximum Gasteiger partial charge on any atom is 0.249 e. The lowest BCUT2D eigenvalue weighted by molar-refractivity contribution is -0.130. The number of ether oxygens (including phenoxy) is 1. The Labute approximate surface area is 136 Å². The van der Waals surface area contributed by atoms with Gasteiger partial charge in [-0.15, -0.1) is 0 Å². The summed E-state index contributed by atoms with van der Waals surface area (Å²) in [6.45, 7) is 2.04. The van der Waals surface area contributed by atoms with Crippen LogP contribution >= 0.6 is 0 Å². The Hall–Kier alpha value is -2.14. The molecule has 1 saturated heterocycles. The molecule has 1 N–H and O–H groups in total. The number of imidazole rings is 1. The van der Waals surface area contributed by atoms with Crippen LogP contribution in [-0.2, 0) is 29.0 Å². The molecule has 0 radical (unpaired) electrons. The second kappa shape index (κ2) is 7.92. The molecule has 1 aliphatic rings. The minimum absolute atomic E-state index is 0.0265. The van der Waals surface area contributed by atoms with Crippen molar-refractivity contribution in [3.8, 4) is 0 Å². The van der Waals surface area contributed by atoms with E-state index in [1.165, 1.54) is 5.56 Å². The molecule has 1 aromatic carbocycles.